The van der Waals surface area contributed by atoms with Gasteiger partial charge in [0, 0.05) is 29.3 Å². The van der Waals surface area contributed by atoms with Crippen LogP contribution in [-0.2, 0) is 17.8 Å². The van der Waals surface area contributed by atoms with Gasteiger partial charge in [0.25, 0.3) is 0 Å². The third-order valence-corrected chi connectivity index (χ3v) is 5.18. The molecular formula is C22H22N2O2S. The lowest BCUT2D eigenvalue weighted by Crippen LogP contribution is -2.34. The molecule has 0 saturated carbocycles. The van der Waals surface area contributed by atoms with Crippen LogP contribution in [0.2, 0.25) is 0 Å². The van der Waals surface area contributed by atoms with Crippen LogP contribution in [0.15, 0.2) is 54.6 Å². The standard InChI is InChI=1S/C22H22N2O2S/c1-22(2)13-19-18(14-26-22)21(27)23-20(15-8-5-4-6-9-15)24(19)16-10-7-11-17(12-16)25-3/h4-12H,13-14H2,1-3H3. The normalized spacial score (nSPS) is 15.2. The summed E-state index contributed by atoms with van der Waals surface area (Å²) in [5, 5.41) is 0. The molecule has 0 bridgehead atoms. The van der Waals surface area contributed by atoms with Gasteiger partial charge in [-0.05, 0) is 26.0 Å². The zero-order valence-corrected chi connectivity index (χ0v) is 16.5. The van der Waals surface area contributed by atoms with Crippen LogP contribution in [0.5, 0.6) is 5.75 Å². The van der Waals surface area contributed by atoms with Crippen LogP contribution in [0.25, 0.3) is 17.1 Å². The SMILES string of the molecule is COc1cccc(-n2c(-c3ccccc3)nc(=S)c3c2CC(C)(C)OC3)c1. The zero-order valence-electron chi connectivity index (χ0n) is 15.7. The first-order valence-corrected chi connectivity index (χ1v) is 9.38. The second kappa shape index (κ2) is 6.91. The maximum atomic E-state index is 6.01. The van der Waals surface area contributed by atoms with E-state index in [9.17, 15) is 0 Å². The predicted molar refractivity (Wildman–Crippen MR) is 109 cm³/mol. The molecule has 4 nitrogen and oxygen atoms in total. The molecule has 3 aromatic rings. The highest BCUT2D eigenvalue weighted by Crippen LogP contribution is 2.34. The van der Waals surface area contributed by atoms with Crippen LogP contribution in [0.4, 0.5) is 0 Å². The number of aromatic nitrogens is 2. The van der Waals surface area contributed by atoms with Crippen molar-refractivity contribution < 1.29 is 9.47 Å². The number of rotatable bonds is 3. The Morgan fingerprint density at radius 1 is 1.11 bits per heavy atom. The van der Waals surface area contributed by atoms with Gasteiger partial charge in [-0.15, -0.1) is 0 Å². The number of hydrogen-bond donors (Lipinski definition) is 0. The first-order valence-electron chi connectivity index (χ1n) is 8.97. The van der Waals surface area contributed by atoms with E-state index in [2.05, 4.69) is 36.6 Å². The van der Waals surface area contributed by atoms with Crippen molar-refractivity contribution in [2.75, 3.05) is 7.11 Å². The van der Waals surface area contributed by atoms with E-state index in [4.69, 9.17) is 26.7 Å². The van der Waals surface area contributed by atoms with E-state index >= 15 is 0 Å². The summed E-state index contributed by atoms with van der Waals surface area (Å²) in [7, 11) is 1.68. The Kier molecular flexibility index (Phi) is 4.58. The first-order chi connectivity index (χ1) is 13.0. The Hall–Kier alpha value is -2.50. The summed E-state index contributed by atoms with van der Waals surface area (Å²) < 4.78 is 14.3. The fraction of sp³-hybridized carbons (Fsp3) is 0.273. The maximum Gasteiger partial charge on any atom is 0.146 e. The van der Waals surface area contributed by atoms with Crippen LogP contribution in [0.3, 0.4) is 0 Å². The average Bonchev–Trinajstić information content (AvgIpc) is 2.67. The maximum absolute atomic E-state index is 6.01. The third kappa shape index (κ3) is 3.40. The van der Waals surface area contributed by atoms with Gasteiger partial charge in [-0.2, -0.15) is 0 Å². The molecule has 0 radical (unpaired) electrons. The third-order valence-electron chi connectivity index (χ3n) is 4.84. The summed E-state index contributed by atoms with van der Waals surface area (Å²) in [6.45, 7) is 4.70. The van der Waals surface area contributed by atoms with Crippen molar-refractivity contribution in [3.05, 3.63) is 70.5 Å². The molecule has 27 heavy (non-hydrogen) atoms. The van der Waals surface area contributed by atoms with Crippen molar-refractivity contribution >= 4 is 12.2 Å². The number of hydrogen-bond acceptors (Lipinski definition) is 4. The Balaban J connectivity index is 2.05. The van der Waals surface area contributed by atoms with Crippen molar-refractivity contribution in [1.82, 2.24) is 9.55 Å². The molecule has 2 aromatic carbocycles. The largest absolute Gasteiger partial charge is 0.497 e. The van der Waals surface area contributed by atoms with E-state index in [1.807, 2.05) is 36.4 Å². The Bertz CT molecular complexity index is 1040. The Labute approximate surface area is 164 Å². The van der Waals surface area contributed by atoms with Crippen molar-refractivity contribution in [3.8, 4) is 22.8 Å². The minimum atomic E-state index is -0.259. The highest BCUT2D eigenvalue weighted by molar-refractivity contribution is 7.71. The zero-order chi connectivity index (χ0) is 19.0. The first kappa shape index (κ1) is 17.9. The predicted octanol–water partition coefficient (Wildman–Crippen LogP) is 5.13. The van der Waals surface area contributed by atoms with Gasteiger partial charge < -0.3 is 9.47 Å². The molecule has 1 aromatic heterocycles. The van der Waals surface area contributed by atoms with Crippen molar-refractivity contribution in [2.45, 2.75) is 32.5 Å². The monoisotopic (exact) mass is 378 g/mol. The van der Waals surface area contributed by atoms with Gasteiger partial charge in [0.05, 0.1) is 25.0 Å². The van der Waals surface area contributed by atoms with Gasteiger partial charge in [-0.1, -0.05) is 48.6 Å². The van der Waals surface area contributed by atoms with Crippen molar-refractivity contribution in [3.63, 3.8) is 0 Å². The molecule has 0 aliphatic carbocycles. The molecule has 0 N–H and O–H groups in total. The second-order valence-corrected chi connectivity index (χ2v) is 7.68. The quantitative estimate of drug-likeness (QED) is 0.592. The van der Waals surface area contributed by atoms with Crippen LogP contribution in [-0.4, -0.2) is 22.3 Å². The molecule has 138 valence electrons. The van der Waals surface area contributed by atoms with Crippen LogP contribution >= 0.6 is 12.2 Å². The summed E-state index contributed by atoms with van der Waals surface area (Å²) in [5.74, 6) is 1.65. The van der Waals surface area contributed by atoms with Crippen LogP contribution < -0.4 is 4.74 Å². The summed E-state index contributed by atoms with van der Waals surface area (Å²) in [5.41, 5.74) is 3.92. The van der Waals surface area contributed by atoms with Crippen molar-refractivity contribution in [2.24, 2.45) is 0 Å². The minimum absolute atomic E-state index is 0.259. The van der Waals surface area contributed by atoms with Crippen LogP contribution in [0, 0.1) is 4.64 Å². The fourth-order valence-corrected chi connectivity index (χ4v) is 3.72. The topological polar surface area (TPSA) is 36.3 Å². The molecule has 0 amide bonds. The molecule has 5 heteroatoms. The molecule has 0 saturated heterocycles. The second-order valence-electron chi connectivity index (χ2n) is 7.29. The molecule has 4 rings (SSSR count). The molecule has 1 aliphatic rings. The van der Waals surface area contributed by atoms with E-state index < -0.39 is 0 Å². The van der Waals surface area contributed by atoms with Gasteiger partial charge in [-0.3, -0.25) is 4.57 Å². The Morgan fingerprint density at radius 2 is 1.89 bits per heavy atom. The van der Waals surface area contributed by atoms with Gasteiger partial charge in [-0.25, -0.2) is 4.98 Å². The van der Waals surface area contributed by atoms with E-state index in [1.165, 1.54) is 0 Å². The lowest BCUT2D eigenvalue weighted by molar-refractivity contribution is -0.0422. The molecule has 0 atom stereocenters. The van der Waals surface area contributed by atoms with Gasteiger partial charge >= 0.3 is 0 Å². The summed E-state index contributed by atoms with van der Waals surface area (Å²) in [4.78, 5) is 4.79. The van der Waals surface area contributed by atoms with Gasteiger partial charge in [0.15, 0.2) is 0 Å². The van der Waals surface area contributed by atoms with E-state index in [1.54, 1.807) is 7.11 Å². The van der Waals surface area contributed by atoms with E-state index in [0.29, 0.717) is 11.2 Å². The number of ether oxygens (including phenoxy) is 2. The molecule has 0 fully saturated rings. The molecular weight excluding hydrogens is 356 g/mol. The van der Waals surface area contributed by atoms with E-state index in [-0.39, 0.29) is 5.60 Å². The summed E-state index contributed by atoms with van der Waals surface area (Å²) in [6.07, 6.45) is 0.755. The molecule has 0 spiro atoms. The number of benzene rings is 2. The average molecular weight is 378 g/mol. The molecule has 0 unspecified atom stereocenters. The van der Waals surface area contributed by atoms with E-state index in [0.717, 1.165) is 40.5 Å². The Morgan fingerprint density at radius 3 is 2.63 bits per heavy atom. The number of methoxy groups -OCH3 is 1. The highest BCUT2D eigenvalue weighted by Gasteiger charge is 2.30. The molecule has 1 aliphatic heterocycles. The minimum Gasteiger partial charge on any atom is -0.497 e. The summed E-state index contributed by atoms with van der Waals surface area (Å²) >= 11 is 5.63. The van der Waals surface area contributed by atoms with Gasteiger partial charge in [0.1, 0.15) is 16.2 Å². The lowest BCUT2D eigenvalue weighted by atomic mass is 9.95. The molecule has 2 heterocycles. The summed E-state index contributed by atoms with van der Waals surface area (Å²) in [6, 6.07) is 18.2. The number of fused-ring (bicyclic) bond motifs is 1. The van der Waals surface area contributed by atoms with Gasteiger partial charge in [0.2, 0.25) is 0 Å². The van der Waals surface area contributed by atoms with Crippen LogP contribution in [0.1, 0.15) is 25.1 Å². The lowest BCUT2D eigenvalue weighted by Gasteiger charge is -2.34. The number of nitrogens with zero attached hydrogens (tertiary/aromatic N) is 2. The fourth-order valence-electron chi connectivity index (χ4n) is 3.46. The highest BCUT2D eigenvalue weighted by atomic mass is 32.1. The smallest absolute Gasteiger partial charge is 0.146 e. The van der Waals surface area contributed by atoms with Crippen molar-refractivity contribution in [1.29, 1.82) is 0 Å².